The van der Waals surface area contributed by atoms with Gasteiger partial charge in [0.25, 0.3) is 0 Å². The van der Waals surface area contributed by atoms with E-state index >= 15 is 0 Å². The van der Waals surface area contributed by atoms with Gasteiger partial charge in [0, 0.05) is 19.3 Å². The maximum Gasteiger partial charge on any atom is 0.0527 e. The molecule has 0 fully saturated rings. The normalized spacial score (nSPS) is 19.2. The summed E-state index contributed by atoms with van der Waals surface area (Å²) in [4.78, 5) is 0. The predicted octanol–water partition coefficient (Wildman–Crippen LogP) is 3.27. The van der Waals surface area contributed by atoms with E-state index < -0.39 is 0 Å². The number of rotatable bonds is 5. The van der Waals surface area contributed by atoms with Gasteiger partial charge in [-0.2, -0.15) is 5.10 Å². The van der Waals surface area contributed by atoms with Crippen molar-refractivity contribution >= 4 is 0 Å². The number of nitrogens with zero attached hydrogens (tertiary/aromatic N) is 2. The van der Waals surface area contributed by atoms with E-state index in [-0.39, 0.29) is 0 Å². The molecule has 1 aliphatic rings. The molecule has 2 atom stereocenters. The SMILES string of the molecule is CC(CNCc1ccccc1)C1CCCc2c1cnn2C. The molecule has 1 aliphatic carbocycles. The van der Waals surface area contributed by atoms with E-state index in [2.05, 4.69) is 65.6 Å². The molecule has 3 rings (SSSR count). The highest BCUT2D eigenvalue weighted by Gasteiger charge is 2.27. The molecule has 21 heavy (non-hydrogen) atoms. The van der Waals surface area contributed by atoms with Gasteiger partial charge in [-0.3, -0.25) is 4.68 Å². The molecule has 0 spiro atoms. The van der Waals surface area contributed by atoms with Gasteiger partial charge in [0.15, 0.2) is 0 Å². The Morgan fingerprint density at radius 2 is 2.14 bits per heavy atom. The maximum atomic E-state index is 4.46. The highest BCUT2D eigenvalue weighted by molar-refractivity contribution is 5.26. The van der Waals surface area contributed by atoms with Crippen LogP contribution in [0.1, 0.15) is 42.5 Å². The topological polar surface area (TPSA) is 29.9 Å². The summed E-state index contributed by atoms with van der Waals surface area (Å²) in [5, 5.41) is 8.06. The van der Waals surface area contributed by atoms with Gasteiger partial charge < -0.3 is 5.32 Å². The average Bonchev–Trinajstić information content (AvgIpc) is 2.90. The Balaban J connectivity index is 1.58. The number of aromatic nitrogens is 2. The van der Waals surface area contributed by atoms with Crippen molar-refractivity contribution in [1.29, 1.82) is 0 Å². The van der Waals surface area contributed by atoms with Crippen molar-refractivity contribution < 1.29 is 0 Å². The highest BCUT2D eigenvalue weighted by Crippen LogP contribution is 2.36. The minimum absolute atomic E-state index is 0.650. The Labute approximate surface area is 127 Å². The molecule has 2 unspecified atom stereocenters. The van der Waals surface area contributed by atoms with Crippen LogP contribution in [0.5, 0.6) is 0 Å². The van der Waals surface area contributed by atoms with Crippen LogP contribution in [0, 0.1) is 5.92 Å². The van der Waals surface area contributed by atoms with E-state index in [1.54, 1.807) is 0 Å². The largest absolute Gasteiger partial charge is 0.312 e. The van der Waals surface area contributed by atoms with E-state index in [1.807, 2.05) is 0 Å². The zero-order valence-corrected chi connectivity index (χ0v) is 13.0. The van der Waals surface area contributed by atoms with Crippen molar-refractivity contribution in [1.82, 2.24) is 15.1 Å². The third kappa shape index (κ3) is 3.18. The Morgan fingerprint density at radius 3 is 2.95 bits per heavy atom. The van der Waals surface area contributed by atoms with E-state index in [1.165, 1.54) is 36.1 Å². The van der Waals surface area contributed by atoms with Crippen LogP contribution in [0.15, 0.2) is 36.5 Å². The van der Waals surface area contributed by atoms with Gasteiger partial charge in [-0.1, -0.05) is 37.3 Å². The molecular weight excluding hydrogens is 258 g/mol. The van der Waals surface area contributed by atoms with Crippen molar-refractivity contribution in [2.45, 2.75) is 38.6 Å². The summed E-state index contributed by atoms with van der Waals surface area (Å²) in [7, 11) is 2.07. The molecule has 1 N–H and O–H groups in total. The lowest BCUT2D eigenvalue weighted by molar-refractivity contribution is 0.381. The highest BCUT2D eigenvalue weighted by atomic mass is 15.3. The Kier molecular flexibility index (Phi) is 4.39. The van der Waals surface area contributed by atoms with Crippen LogP contribution in [0.4, 0.5) is 0 Å². The maximum absolute atomic E-state index is 4.46. The average molecular weight is 283 g/mol. The third-order valence-electron chi connectivity index (χ3n) is 4.75. The van der Waals surface area contributed by atoms with Crippen molar-refractivity contribution in [2.24, 2.45) is 13.0 Å². The van der Waals surface area contributed by atoms with E-state index in [0.717, 1.165) is 13.1 Å². The fourth-order valence-electron chi connectivity index (χ4n) is 3.51. The van der Waals surface area contributed by atoms with Crippen LogP contribution in [0.25, 0.3) is 0 Å². The summed E-state index contributed by atoms with van der Waals surface area (Å²) in [6.45, 7) is 4.39. The second-order valence-corrected chi connectivity index (χ2v) is 6.26. The molecule has 0 saturated carbocycles. The van der Waals surface area contributed by atoms with Crippen molar-refractivity contribution in [3.8, 4) is 0 Å². The zero-order valence-electron chi connectivity index (χ0n) is 13.0. The third-order valence-corrected chi connectivity index (χ3v) is 4.75. The fourth-order valence-corrected chi connectivity index (χ4v) is 3.51. The van der Waals surface area contributed by atoms with Crippen molar-refractivity contribution in [2.75, 3.05) is 6.54 Å². The first kappa shape index (κ1) is 14.3. The van der Waals surface area contributed by atoms with Crippen molar-refractivity contribution in [3.63, 3.8) is 0 Å². The molecular formula is C18H25N3. The Bertz CT molecular complexity index is 573. The van der Waals surface area contributed by atoms with Gasteiger partial charge in [-0.05, 0) is 48.8 Å². The quantitative estimate of drug-likeness (QED) is 0.912. The second kappa shape index (κ2) is 6.44. The van der Waals surface area contributed by atoms with Crippen LogP contribution in [-0.4, -0.2) is 16.3 Å². The standard InChI is InChI=1S/C18H25N3/c1-14(11-19-12-15-7-4-3-5-8-15)16-9-6-10-18-17(16)13-20-21(18)2/h3-5,7-8,13-14,16,19H,6,9-12H2,1-2H3. The van der Waals surface area contributed by atoms with Crippen LogP contribution >= 0.6 is 0 Å². The summed E-state index contributed by atoms with van der Waals surface area (Å²) in [6.07, 6.45) is 5.87. The number of aryl methyl sites for hydroxylation is 1. The number of hydrogen-bond donors (Lipinski definition) is 1. The van der Waals surface area contributed by atoms with E-state index in [9.17, 15) is 0 Å². The molecule has 0 radical (unpaired) electrons. The van der Waals surface area contributed by atoms with Crippen molar-refractivity contribution in [3.05, 3.63) is 53.3 Å². The van der Waals surface area contributed by atoms with Crippen LogP contribution in [-0.2, 0) is 20.0 Å². The molecule has 1 aromatic carbocycles. The minimum atomic E-state index is 0.650. The summed E-state index contributed by atoms with van der Waals surface area (Å²) in [5.41, 5.74) is 4.29. The molecule has 0 amide bonds. The van der Waals surface area contributed by atoms with Gasteiger partial charge in [0.05, 0.1) is 6.20 Å². The first-order valence-electron chi connectivity index (χ1n) is 8.01. The number of hydrogen-bond acceptors (Lipinski definition) is 2. The number of benzene rings is 1. The fraction of sp³-hybridized carbons (Fsp3) is 0.500. The predicted molar refractivity (Wildman–Crippen MR) is 86.2 cm³/mol. The van der Waals surface area contributed by atoms with Gasteiger partial charge in [0.1, 0.15) is 0 Å². The lowest BCUT2D eigenvalue weighted by Gasteiger charge is -2.28. The Morgan fingerprint density at radius 1 is 1.33 bits per heavy atom. The lowest BCUT2D eigenvalue weighted by atomic mass is 9.79. The van der Waals surface area contributed by atoms with Crippen LogP contribution in [0.3, 0.4) is 0 Å². The van der Waals surface area contributed by atoms with E-state index in [4.69, 9.17) is 0 Å². The summed E-state index contributed by atoms with van der Waals surface area (Å²) >= 11 is 0. The first-order chi connectivity index (χ1) is 10.3. The first-order valence-corrected chi connectivity index (χ1v) is 8.01. The monoisotopic (exact) mass is 283 g/mol. The molecule has 0 bridgehead atoms. The molecule has 3 nitrogen and oxygen atoms in total. The summed E-state index contributed by atoms with van der Waals surface area (Å²) in [5.74, 6) is 1.31. The number of nitrogens with one attached hydrogen (secondary N) is 1. The minimum Gasteiger partial charge on any atom is -0.312 e. The van der Waals surface area contributed by atoms with Gasteiger partial charge in [-0.25, -0.2) is 0 Å². The zero-order chi connectivity index (χ0) is 14.7. The van der Waals surface area contributed by atoms with E-state index in [0.29, 0.717) is 11.8 Å². The summed E-state index contributed by atoms with van der Waals surface area (Å²) in [6, 6.07) is 10.6. The van der Waals surface area contributed by atoms with Gasteiger partial charge in [0.2, 0.25) is 0 Å². The molecule has 3 heteroatoms. The van der Waals surface area contributed by atoms with Gasteiger partial charge in [-0.15, -0.1) is 0 Å². The van der Waals surface area contributed by atoms with Crippen LogP contribution < -0.4 is 5.32 Å². The lowest BCUT2D eigenvalue weighted by Crippen LogP contribution is -2.27. The molecule has 1 aromatic heterocycles. The molecule has 0 saturated heterocycles. The van der Waals surface area contributed by atoms with Crippen LogP contribution in [0.2, 0.25) is 0 Å². The second-order valence-electron chi connectivity index (χ2n) is 6.26. The summed E-state index contributed by atoms with van der Waals surface area (Å²) < 4.78 is 2.06. The molecule has 2 aromatic rings. The Hall–Kier alpha value is -1.61. The number of fused-ring (bicyclic) bond motifs is 1. The molecule has 0 aliphatic heterocycles. The molecule has 1 heterocycles. The smallest absolute Gasteiger partial charge is 0.0527 e. The van der Waals surface area contributed by atoms with Gasteiger partial charge >= 0.3 is 0 Å². The molecule has 112 valence electrons.